The molecule has 2 amide bonds. The molecule has 2 saturated heterocycles. The molecule has 0 radical (unpaired) electrons. The number of alkyl halides is 2. The molecule has 0 unspecified atom stereocenters. The van der Waals surface area contributed by atoms with Crippen molar-refractivity contribution in [3.8, 4) is 23.5 Å². The lowest BCUT2D eigenvalue weighted by atomic mass is 9.96. The molecule has 36 heavy (non-hydrogen) atoms. The SMILES string of the molecule is CC(C)Oc1cc2c(OC[C@@H]3CC(F)(F)C(=O)N3)ncc(C#CCC3CCOCC3)c2cc1C(N)=O. The van der Waals surface area contributed by atoms with Crippen molar-refractivity contribution in [2.24, 2.45) is 11.7 Å². The maximum Gasteiger partial charge on any atom is 0.326 e. The fourth-order valence-corrected chi connectivity index (χ4v) is 4.27. The zero-order valence-electron chi connectivity index (χ0n) is 20.2. The Morgan fingerprint density at radius 2 is 2.06 bits per heavy atom. The Bertz CT molecular complexity index is 1220. The van der Waals surface area contributed by atoms with E-state index in [4.69, 9.17) is 19.9 Å². The van der Waals surface area contributed by atoms with Crippen LogP contribution in [0.5, 0.6) is 11.6 Å². The minimum absolute atomic E-state index is 0.147. The van der Waals surface area contributed by atoms with Gasteiger partial charge in [-0.3, -0.25) is 9.59 Å². The third-order valence-electron chi connectivity index (χ3n) is 6.13. The number of benzene rings is 1. The van der Waals surface area contributed by atoms with Crippen LogP contribution in [-0.4, -0.2) is 54.7 Å². The number of nitrogens with two attached hydrogens (primary N) is 1. The highest BCUT2D eigenvalue weighted by molar-refractivity contribution is 6.03. The molecule has 3 N–H and O–H groups in total. The van der Waals surface area contributed by atoms with Crippen LogP contribution in [0.2, 0.25) is 0 Å². The van der Waals surface area contributed by atoms with Crippen LogP contribution in [0.25, 0.3) is 10.8 Å². The number of nitrogens with zero attached hydrogens (tertiary/aromatic N) is 1. The van der Waals surface area contributed by atoms with Crippen molar-refractivity contribution in [1.29, 1.82) is 0 Å². The number of pyridine rings is 1. The molecule has 4 rings (SSSR count). The topological polar surface area (TPSA) is 113 Å². The summed E-state index contributed by atoms with van der Waals surface area (Å²) in [7, 11) is 0. The highest BCUT2D eigenvalue weighted by Gasteiger charge is 2.48. The fourth-order valence-electron chi connectivity index (χ4n) is 4.27. The van der Waals surface area contributed by atoms with E-state index in [1.807, 2.05) is 13.8 Å². The Hall–Kier alpha value is -3.45. The summed E-state index contributed by atoms with van der Waals surface area (Å²) < 4.78 is 44.2. The molecule has 2 aromatic rings. The molecular formula is C26H29F2N3O5. The highest BCUT2D eigenvalue weighted by atomic mass is 19.3. The molecule has 2 aliphatic heterocycles. The second-order valence-electron chi connectivity index (χ2n) is 9.35. The van der Waals surface area contributed by atoms with Gasteiger partial charge in [-0.05, 0) is 44.7 Å². The zero-order chi connectivity index (χ0) is 25.9. The molecule has 8 nitrogen and oxygen atoms in total. The van der Waals surface area contributed by atoms with Crippen LogP contribution in [0.1, 0.15) is 55.5 Å². The first kappa shape index (κ1) is 25.6. The molecule has 2 aliphatic rings. The average molecular weight is 502 g/mol. The average Bonchev–Trinajstić information content (AvgIpc) is 3.09. The van der Waals surface area contributed by atoms with Crippen LogP contribution in [0.3, 0.4) is 0 Å². The van der Waals surface area contributed by atoms with Gasteiger partial charge in [0, 0.05) is 43.0 Å². The number of halogens is 2. The molecule has 1 aromatic carbocycles. The van der Waals surface area contributed by atoms with Crippen molar-refractivity contribution in [3.05, 3.63) is 29.5 Å². The van der Waals surface area contributed by atoms with E-state index >= 15 is 0 Å². The van der Waals surface area contributed by atoms with Gasteiger partial charge in [-0.25, -0.2) is 4.98 Å². The Morgan fingerprint density at radius 1 is 1.31 bits per heavy atom. The van der Waals surface area contributed by atoms with Gasteiger partial charge < -0.3 is 25.3 Å². The van der Waals surface area contributed by atoms with E-state index in [1.165, 1.54) is 6.20 Å². The number of rotatable bonds is 7. The van der Waals surface area contributed by atoms with E-state index in [-0.39, 0.29) is 29.9 Å². The van der Waals surface area contributed by atoms with E-state index in [0.717, 1.165) is 26.1 Å². The first-order valence-electron chi connectivity index (χ1n) is 12.0. The number of aromatic nitrogens is 1. The third kappa shape index (κ3) is 5.85. The van der Waals surface area contributed by atoms with Crippen LogP contribution in [0.15, 0.2) is 18.3 Å². The Kier molecular flexibility index (Phi) is 7.59. The standard InChI is InChI=1S/C26H29F2N3O5/c1-15(2)36-22-11-20-19(10-21(22)23(29)32)17(5-3-4-16-6-8-34-9-7-16)13-30-24(20)35-14-18-12-26(27,28)25(33)31-18/h10-11,13,15-16,18H,4,6-9,12,14H2,1-2H3,(H2,29,32)(H,31,33)/t18-/m0/s1. The van der Waals surface area contributed by atoms with Crippen molar-refractivity contribution in [2.45, 2.75) is 57.6 Å². The highest BCUT2D eigenvalue weighted by Crippen LogP contribution is 2.34. The van der Waals surface area contributed by atoms with Gasteiger partial charge in [-0.1, -0.05) is 11.8 Å². The van der Waals surface area contributed by atoms with Crippen LogP contribution in [0.4, 0.5) is 8.78 Å². The van der Waals surface area contributed by atoms with Gasteiger partial charge in [0.2, 0.25) is 5.88 Å². The maximum absolute atomic E-state index is 13.6. The number of carbonyl (C=O) groups excluding carboxylic acids is 2. The first-order valence-corrected chi connectivity index (χ1v) is 12.0. The van der Waals surface area contributed by atoms with Crippen molar-refractivity contribution in [2.75, 3.05) is 19.8 Å². The number of ether oxygens (including phenoxy) is 3. The summed E-state index contributed by atoms with van der Waals surface area (Å²) in [5.41, 5.74) is 6.38. The molecule has 1 atom stereocenters. The normalized spacial score (nSPS) is 19.6. The molecule has 192 valence electrons. The van der Waals surface area contributed by atoms with Crippen molar-refractivity contribution in [1.82, 2.24) is 10.3 Å². The molecular weight excluding hydrogens is 472 g/mol. The lowest BCUT2D eigenvalue weighted by molar-refractivity contribution is -0.139. The third-order valence-corrected chi connectivity index (χ3v) is 6.13. The van der Waals surface area contributed by atoms with E-state index in [1.54, 1.807) is 12.1 Å². The number of primary amides is 1. The largest absolute Gasteiger partial charge is 0.490 e. The minimum Gasteiger partial charge on any atom is -0.490 e. The predicted octanol–water partition coefficient (Wildman–Crippen LogP) is 3.19. The van der Waals surface area contributed by atoms with E-state index in [2.05, 4.69) is 22.1 Å². The van der Waals surface area contributed by atoms with Crippen molar-refractivity contribution >= 4 is 22.6 Å². The lowest BCUT2D eigenvalue weighted by Crippen LogP contribution is -2.33. The maximum atomic E-state index is 13.6. The van der Waals surface area contributed by atoms with Gasteiger partial charge in [-0.2, -0.15) is 8.78 Å². The Morgan fingerprint density at radius 3 is 2.69 bits per heavy atom. The number of nitrogens with one attached hydrogen (secondary N) is 1. The zero-order valence-corrected chi connectivity index (χ0v) is 20.2. The number of fused-ring (bicyclic) bond motifs is 1. The molecule has 10 heteroatoms. The molecule has 0 aliphatic carbocycles. The summed E-state index contributed by atoms with van der Waals surface area (Å²) >= 11 is 0. The second kappa shape index (κ2) is 10.7. The van der Waals surface area contributed by atoms with E-state index < -0.39 is 30.2 Å². The molecule has 0 bridgehead atoms. The fraction of sp³-hybridized carbons (Fsp3) is 0.500. The molecule has 0 spiro atoms. The smallest absolute Gasteiger partial charge is 0.326 e. The van der Waals surface area contributed by atoms with Gasteiger partial charge in [0.25, 0.3) is 11.8 Å². The second-order valence-corrected chi connectivity index (χ2v) is 9.35. The Labute approximate surface area is 207 Å². The number of carbonyl (C=O) groups is 2. The minimum atomic E-state index is -3.43. The summed E-state index contributed by atoms with van der Waals surface area (Å²) in [6.45, 7) is 4.89. The van der Waals surface area contributed by atoms with Gasteiger partial charge in [-0.15, -0.1) is 0 Å². The lowest BCUT2D eigenvalue weighted by Gasteiger charge is -2.19. The Balaban J connectivity index is 1.68. The monoisotopic (exact) mass is 501 g/mol. The number of hydrogen-bond acceptors (Lipinski definition) is 6. The van der Waals surface area contributed by atoms with Gasteiger partial charge in [0.05, 0.1) is 23.3 Å². The van der Waals surface area contributed by atoms with Gasteiger partial charge in [0.1, 0.15) is 12.4 Å². The number of hydrogen-bond donors (Lipinski definition) is 2. The van der Waals surface area contributed by atoms with Crippen LogP contribution in [-0.2, 0) is 9.53 Å². The predicted molar refractivity (Wildman–Crippen MR) is 128 cm³/mol. The van der Waals surface area contributed by atoms with Crippen molar-refractivity contribution < 1.29 is 32.6 Å². The van der Waals surface area contributed by atoms with Crippen LogP contribution < -0.4 is 20.5 Å². The summed E-state index contributed by atoms with van der Waals surface area (Å²) in [6.07, 6.45) is 3.24. The van der Waals surface area contributed by atoms with Crippen LogP contribution >= 0.6 is 0 Å². The van der Waals surface area contributed by atoms with Gasteiger partial charge in [0.15, 0.2) is 0 Å². The summed E-state index contributed by atoms with van der Waals surface area (Å²) in [5.74, 6) is 1.80. The van der Waals surface area contributed by atoms with E-state index in [9.17, 15) is 18.4 Å². The first-order chi connectivity index (χ1) is 17.1. The van der Waals surface area contributed by atoms with Crippen molar-refractivity contribution in [3.63, 3.8) is 0 Å². The molecule has 1 aromatic heterocycles. The molecule has 2 fully saturated rings. The molecule has 3 heterocycles. The van der Waals surface area contributed by atoms with Crippen LogP contribution in [0, 0.1) is 17.8 Å². The summed E-state index contributed by atoms with van der Waals surface area (Å²) in [6, 6.07) is 2.33. The number of amides is 2. The molecule has 0 saturated carbocycles. The quantitative estimate of drug-likeness (QED) is 0.564. The van der Waals surface area contributed by atoms with E-state index in [0.29, 0.717) is 28.7 Å². The summed E-state index contributed by atoms with van der Waals surface area (Å²) in [4.78, 5) is 28.0. The van der Waals surface area contributed by atoms with Gasteiger partial charge >= 0.3 is 5.92 Å². The summed E-state index contributed by atoms with van der Waals surface area (Å²) in [5, 5.41) is 3.30.